The summed E-state index contributed by atoms with van der Waals surface area (Å²) in [5.41, 5.74) is 5.31. The molecule has 4 rings (SSSR count). The third-order valence-corrected chi connectivity index (χ3v) is 6.54. The minimum Gasteiger partial charge on any atom is -0.489 e. The van der Waals surface area contributed by atoms with Gasteiger partial charge in [-0.15, -0.1) is 11.8 Å². The number of aryl methyl sites for hydroxylation is 2. The molecule has 154 valence electrons. The van der Waals surface area contributed by atoms with Crippen molar-refractivity contribution in [1.82, 2.24) is 4.90 Å². The van der Waals surface area contributed by atoms with Gasteiger partial charge in [0.25, 0.3) is 0 Å². The predicted octanol–water partition coefficient (Wildman–Crippen LogP) is 6.16. The van der Waals surface area contributed by atoms with Crippen molar-refractivity contribution in [1.29, 1.82) is 0 Å². The van der Waals surface area contributed by atoms with E-state index in [9.17, 15) is 4.79 Å². The minimum atomic E-state index is -0.0493. The van der Waals surface area contributed by atoms with Gasteiger partial charge in [-0.05, 0) is 48.2 Å². The molecule has 1 saturated heterocycles. The second-order valence-corrected chi connectivity index (χ2v) is 8.64. The molecular formula is C25H26N2O2S. The lowest BCUT2D eigenvalue weighted by molar-refractivity contribution is 0.214. The molecule has 30 heavy (non-hydrogen) atoms. The Kier molecular flexibility index (Phi) is 6.29. The molecule has 0 aliphatic carbocycles. The van der Waals surface area contributed by atoms with Crippen LogP contribution in [-0.4, -0.2) is 23.2 Å². The van der Waals surface area contributed by atoms with Crippen LogP contribution in [0.25, 0.3) is 0 Å². The minimum absolute atomic E-state index is 0.0116. The van der Waals surface area contributed by atoms with Gasteiger partial charge in [0.2, 0.25) is 0 Å². The van der Waals surface area contributed by atoms with Crippen molar-refractivity contribution < 1.29 is 9.53 Å². The number of para-hydroxylation sites is 1. The van der Waals surface area contributed by atoms with Gasteiger partial charge in [0.15, 0.2) is 0 Å². The maximum atomic E-state index is 13.0. The normalized spacial score (nSPS) is 15.8. The molecule has 1 heterocycles. The molecule has 1 atom stereocenters. The monoisotopic (exact) mass is 418 g/mol. The summed E-state index contributed by atoms with van der Waals surface area (Å²) in [5.74, 6) is 1.76. The van der Waals surface area contributed by atoms with E-state index in [1.54, 1.807) is 11.8 Å². The van der Waals surface area contributed by atoms with Crippen LogP contribution in [0.4, 0.5) is 10.5 Å². The van der Waals surface area contributed by atoms with Crippen LogP contribution >= 0.6 is 11.8 Å². The fourth-order valence-corrected chi connectivity index (χ4v) is 4.87. The molecule has 5 heteroatoms. The summed E-state index contributed by atoms with van der Waals surface area (Å²) in [6, 6.07) is 24.2. The SMILES string of the molecule is Cc1cccc(C)c1NC(=O)N1CCS[C@@H]1c1ccc(OCc2ccccc2)cc1. The van der Waals surface area contributed by atoms with Gasteiger partial charge in [-0.3, -0.25) is 0 Å². The van der Waals surface area contributed by atoms with E-state index in [-0.39, 0.29) is 11.4 Å². The number of thioether (sulfide) groups is 1. The predicted molar refractivity (Wildman–Crippen MR) is 124 cm³/mol. The van der Waals surface area contributed by atoms with Gasteiger partial charge < -0.3 is 15.0 Å². The van der Waals surface area contributed by atoms with E-state index >= 15 is 0 Å². The Hall–Kier alpha value is -2.92. The van der Waals surface area contributed by atoms with Crippen LogP contribution in [0.15, 0.2) is 72.8 Å². The number of urea groups is 1. The van der Waals surface area contributed by atoms with E-state index in [2.05, 4.69) is 29.6 Å². The molecule has 0 bridgehead atoms. The van der Waals surface area contributed by atoms with Gasteiger partial charge in [-0.25, -0.2) is 4.79 Å². The third-order valence-electron chi connectivity index (χ3n) is 5.28. The average Bonchev–Trinajstić information content (AvgIpc) is 3.26. The Labute approximate surface area is 182 Å². The quantitative estimate of drug-likeness (QED) is 0.539. The molecule has 1 aliphatic heterocycles. The first-order valence-electron chi connectivity index (χ1n) is 10.1. The third kappa shape index (κ3) is 4.62. The summed E-state index contributed by atoms with van der Waals surface area (Å²) in [7, 11) is 0. The molecule has 0 aromatic heterocycles. The molecule has 1 aliphatic rings. The molecule has 3 aromatic carbocycles. The highest BCUT2D eigenvalue weighted by molar-refractivity contribution is 7.99. The number of carbonyl (C=O) groups excluding carboxylic acids is 1. The van der Waals surface area contributed by atoms with E-state index in [4.69, 9.17) is 4.74 Å². The number of hydrogen-bond acceptors (Lipinski definition) is 3. The van der Waals surface area contributed by atoms with Gasteiger partial charge in [0.1, 0.15) is 17.7 Å². The van der Waals surface area contributed by atoms with Crippen molar-refractivity contribution in [2.75, 3.05) is 17.6 Å². The van der Waals surface area contributed by atoms with Gasteiger partial charge in [0, 0.05) is 18.0 Å². The van der Waals surface area contributed by atoms with Crippen LogP contribution in [0.3, 0.4) is 0 Å². The van der Waals surface area contributed by atoms with Crippen LogP contribution in [0.5, 0.6) is 5.75 Å². The molecule has 3 aromatic rings. The molecule has 0 saturated carbocycles. The Morgan fingerprint density at radius 3 is 2.40 bits per heavy atom. The van der Waals surface area contributed by atoms with Gasteiger partial charge in [0.05, 0.1) is 0 Å². The van der Waals surface area contributed by atoms with E-state index in [0.29, 0.717) is 6.61 Å². The van der Waals surface area contributed by atoms with Crippen molar-refractivity contribution in [3.63, 3.8) is 0 Å². The summed E-state index contributed by atoms with van der Waals surface area (Å²) in [6.07, 6.45) is 0. The summed E-state index contributed by atoms with van der Waals surface area (Å²) in [5, 5.41) is 3.13. The average molecular weight is 419 g/mol. The first kappa shape index (κ1) is 20.4. The summed E-state index contributed by atoms with van der Waals surface area (Å²) < 4.78 is 5.89. The summed E-state index contributed by atoms with van der Waals surface area (Å²) >= 11 is 1.79. The van der Waals surface area contributed by atoms with Crippen LogP contribution in [0, 0.1) is 13.8 Å². The number of hydrogen-bond donors (Lipinski definition) is 1. The van der Waals surface area contributed by atoms with E-state index in [1.165, 1.54) is 0 Å². The van der Waals surface area contributed by atoms with Crippen LogP contribution < -0.4 is 10.1 Å². The Balaban J connectivity index is 1.42. The van der Waals surface area contributed by atoms with Gasteiger partial charge >= 0.3 is 6.03 Å². The Morgan fingerprint density at radius 1 is 1.00 bits per heavy atom. The van der Waals surface area contributed by atoms with E-state index < -0.39 is 0 Å². The maximum absolute atomic E-state index is 13.0. The number of nitrogens with zero attached hydrogens (tertiary/aromatic N) is 1. The lowest BCUT2D eigenvalue weighted by Gasteiger charge is -2.25. The zero-order valence-corrected chi connectivity index (χ0v) is 18.1. The highest BCUT2D eigenvalue weighted by atomic mass is 32.2. The van der Waals surface area contributed by atoms with Crippen molar-refractivity contribution in [3.05, 3.63) is 95.1 Å². The molecule has 0 unspecified atom stereocenters. The Bertz CT molecular complexity index is 985. The Morgan fingerprint density at radius 2 is 1.70 bits per heavy atom. The maximum Gasteiger partial charge on any atom is 0.323 e. The molecule has 0 spiro atoms. The summed E-state index contributed by atoms with van der Waals surface area (Å²) in [4.78, 5) is 14.9. The molecule has 1 N–H and O–H groups in total. The number of benzene rings is 3. The lowest BCUT2D eigenvalue weighted by atomic mass is 10.1. The number of amides is 2. The smallest absolute Gasteiger partial charge is 0.323 e. The van der Waals surface area contributed by atoms with Crippen LogP contribution in [0.2, 0.25) is 0 Å². The van der Waals surface area contributed by atoms with Crippen molar-refractivity contribution >= 4 is 23.5 Å². The standard InChI is InChI=1S/C25H26N2O2S/c1-18-7-6-8-19(2)23(18)26-25(28)27-15-16-30-24(27)21-11-13-22(14-12-21)29-17-20-9-4-3-5-10-20/h3-14,24H,15-17H2,1-2H3,(H,26,28)/t24-/m1/s1. The van der Waals surface area contributed by atoms with Crippen LogP contribution in [0.1, 0.15) is 27.6 Å². The number of nitrogens with one attached hydrogen (secondary N) is 1. The first-order chi connectivity index (χ1) is 14.6. The first-order valence-corrected chi connectivity index (χ1v) is 11.2. The van der Waals surface area contributed by atoms with Gasteiger partial charge in [-0.1, -0.05) is 60.7 Å². The number of carbonyl (C=O) groups is 1. The number of ether oxygens (including phenoxy) is 1. The highest BCUT2D eigenvalue weighted by Crippen LogP contribution is 2.39. The molecule has 1 fully saturated rings. The largest absolute Gasteiger partial charge is 0.489 e. The fourth-order valence-electron chi connectivity index (χ4n) is 3.61. The summed E-state index contributed by atoms with van der Waals surface area (Å²) in [6.45, 7) is 5.32. The second-order valence-electron chi connectivity index (χ2n) is 7.46. The second kappa shape index (κ2) is 9.26. The molecule has 2 amide bonds. The molecular weight excluding hydrogens is 392 g/mol. The topological polar surface area (TPSA) is 41.6 Å². The van der Waals surface area contributed by atoms with Crippen molar-refractivity contribution in [2.24, 2.45) is 0 Å². The molecule has 0 radical (unpaired) electrons. The molecule has 4 nitrogen and oxygen atoms in total. The number of rotatable bonds is 5. The number of anilines is 1. The van der Waals surface area contributed by atoms with Crippen molar-refractivity contribution in [2.45, 2.75) is 25.8 Å². The van der Waals surface area contributed by atoms with Gasteiger partial charge in [-0.2, -0.15) is 0 Å². The van der Waals surface area contributed by atoms with Crippen LogP contribution in [-0.2, 0) is 6.61 Å². The highest BCUT2D eigenvalue weighted by Gasteiger charge is 2.31. The lowest BCUT2D eigenvalue weighted by Crippen LogP contribution is -2.34. The zero-order valence-electron chi connectivity index (χ0n) is 17.3. The zero-order chi connectivity index (χ0) is 20.9. The van der Waals surface area contributed by atoms with E-state index in [1.807, 2.05) is 67.3 Å². The van der Waals surface area contributed by atoms with Crippen molar-refractivity contribution in [3.8, 4) is 5.75 Å². The fraction of sp³-hybridized carbons (Fsp3) is 0.240. The van der Waals surface area contributed by atoms with E-state index in [0.717, 1.165) is 46.0 Å².